The van der Waals surface area contributed by atoms with Crippen molar-refractivity contribution >= 4 is 33.7 Å². The summed E-state index contributed by atoms with van der Waals surface area (Å²) in [6.45, 7) is 0. The molecule has 0 radical (unpaired) electrons. The highest BCUT2D eigenvalue weighted by Crippen LogP contribution is 2.19. The molecule has 1 aromatic rings. The lowest BCUT2D eigenvalue weighted by molar-refractivity contribution is 0.107. The van der Waals surface area contributed by atoms with Crippen molar-refractivity contribution in [2.45, 2.75) is 0 Å². The van der Waals surface area contributed by atoms with E-state index in [1.54, 1.807) is 0 Å². The molecule has 0 aromatic heterocycles. The van der Waals surface area contributed by atoms with Crippen LogP contribution in [0.25, 0.3) is 0 Å². The summed E-state index contributed by atoms with van der Waals surface area (Å²) < 4.78 is 0. The van der Waals surface area contributed by atoms with Gasteiger partial charge in [0.1, 0.15) is 0 Å². The first kappa shape index (κ1) is 12.3. The third-order valence-corrected chi connectivity index (χ3v) is 2.30. The van der Waals surface area contributed by atoms with E-state index in [1.807, 2.05) is 0 Å². The minimum Gasteiger partial charge on any atom is -0.276 e. The molecule has 1 aromatic carbocycles. The Morgan fingerprint density at radius 2 is 1.31 bits per heavy atom. The summed E-state index contributed by atoms with van der Waals surface area (Å²) in [5.41, 5.74) is 0.531. The fourth-order valence-electron chi connectivity index (χ4n) is 1.16. The number of halogens is 2. The predicted octanol–water partition coefficient (Wildman–Crippen LogP) is 2.41. The SMILES string of the molecule is C#Cc1cc(C#C)c(C(=O)Cl)cc1C(=O)Cl. The molecular weight excluding hydrogens is 247 g/mol. The average molecular weight is 251 g/mol. The van der Waals surface area contributed by atoms with E-state index in [-0.39, 0.29) is 22.3 Å². The molecule has 16 heavy (non-hydrogen) atoms. The molecule has 0 saturated heterocycles. The zero-order valence-corrected chi connectivity index (χ0v) is 9.39. The zero-order chi connectivity index (χ0) is 12.3. The van der Waals surface area contributed by atoms with Crippen molar-refractivity contribution in [2.24, 2.45) is 0 Å². The van der Waals surface area contributed by atoms with Crippen molar-refractivity contribution in [3.05, 3.63) is 34.4 Å². The van der Waals surface area contributed by atoms with Gasteiger partial charge in [0, 0.05) is 11.1 Å². The van der Waals surface area contributed by atoms with Gasteiger partial charge in [-0.1, -0.05) is 11.8 Å². The monoisotopic (exact) mass is 250 g/mol. The maximum absolute atomic E-state index is 11.1. The van der Waals surface area contributed by atoms with E-state index in [2.05, 4.69) is 11.8 Å². The predicted molar refractivity (Wildman–Crippen MR) is 62.7 cm³/mol. The Hall–Kier alpha value is -1.74. The highest BCUT2D eigenvalue weighted by molar-refractivity contribution is 6.69. The van der Waals surface area contributed by atoms with Gasteiger partial charge < -0.3 is 0 Å². The van der Waals surface area contributed by atoms with Crippen LogP contribution in [0.4, 0.5) is 0 Å². The van der Waals surface area contributed by atoms with Gasteiger partial charge in [-0.25, -0.2) is 0 Å². The summed E-state index contributed by atoms with van der Waals surface area (Å²) in [4.78, 5) is 22.1. The molecule has 0 aliphatic carbocycles. The first-order valence-corrected chi connectivity index (χ1v) is 4.77. The molecular formula is C12H4Cl2O2. The van der Waals surface area contributed by atoms with Crippen molar-refractivity contribution in [3.8, 4) is 24.7 Å². The van der Waals surface area contributed by atoms with Crippen LogP contribution in [-0.4, -0.2) is 10.5 Å². The molecule has 0 atom stereocenters. The summed E-state index contributed by atoms with van der Waals surface area (Å²) in [7, 11) is 0. The Labute approximate surface area is 103 Å². The van der Waals surface area contributed by atoms with Gasteiger partial charge >= 0.3 is 0 Å². The van der Waals surface area contributed by atoms with E-state index in [4.69, 9.17) is 36.0 Å². The molecule has 0 aliphatic rings. The first-order valence-electron chi connectivity index (χ1n) is 4.02. The summed E-state index contributed by atoms with van der Waals surface area (Å²) in [6, 6.07) is 2.56. The molecule has 78 valence electrons. The van der Waals surface area contributed by atoms with Crippen molar-refractivity contribution < 1.29 is 9.59 Å². The van der Waals surface area contributed by atoms with Crippen molar-refractivity contribution in [1.29, 1.82) is 0 Å². The number of hydrogen-bond donors (Lipinski definition) is 0. The van der Waals surface area contributed by atoms with Crippen LogP contribution in [0.15, 0.2) is 12.1 Å². The van der Waals surface area contributed by atoms with Crippen LogP contribution in [0.5, 0.6) is 0 Å². The van der Waals surface area contributed by atoms with E-state index in [0.717, 1.165) is 0 Å². The fourth-order valence-corrected chi connectivity index (χ4v) is 1.48. The van der Waals surface area contributed by atoms with E-state index < -0.39 is 10.5 Å². The van der Waals surface area contributed by atoms with Gasteiger partial charge in [0.15, 0.2) is 0 Å². The van der Waals surface area contributed by atoms with Gasteiger partial charge in [-0.15, -0.1) is 12.8 Å². The van der Waals surface area contributed by atoms with Crippen LogP contribution in [0.2, 0.25) is 0 Å². The molecule has 0 unspecified atom stereocenters. The van der Waals surface area contributed by atoms with E-state index >= 15 is 0 Å². The molecule has 4 heteroatoms. The number of carbonyl (C=O) groups excluding carboxylic acids is 2. The molecule has 0 N–H and O–H groups in total. The van der Waals surface area contributed by atoms with Crippen LogP contribution >= 0.6 is 23.2 Å². The maximum atomic E-state index is 11.1. The van der Waals surface area contributed by atoms with E-state index in [1.165, 1.54) is 12.1 Å². The van der Waals surface area contributed by atoms with E-state index in [0.29, 0.717) is 0 Å². The Bertz CT molecular complexity index is 512. The highest BCUT2D eigenvalue weighted by Gasteiger charge is 2.15. The van der Waals surface area contributed by atoms with Gasteiger partial charge in [-0.3, -0.25) is 9.59 Å². The number of rotatable bonds is 2. The lowest BCUT2D eigenvalue weighted by Gasteiger charge is -2.04. The van der Waals surface area contributed by atoms with Gasteiger partial charge in [-0.05, 0) is 35.3 Å². The van der Waals surface area contributed by atoms with Crippen molar-refractivity contribution in [1.82, 2.24) is 0 Å². The van der Waals surface area contributed by atoms with Crippen LogP contribution in [0.3, 0.4) is 0 Å². The van der Waals surface area contributed by atoms with Gasteiger partial charge in [-0.2, -0.15) is 0 Å². The number of terminal acetylenes is 2. The molecule has 0 bridgehead atoms. The number of carbonyl (C=O) groups is 2. The third-order valence-electron chi connectivity index (χ3n) is 1.89. The lowest BCUT2D eigenvalue weighted by Crippen LogP contribution is -2.02. The summed E-state index contributed by atoms with van der Waals surface area (Å²) in [6.07, 6.45) is 10.4. The summed E-state index contributed by atoms with van der Waals surface area (Å²) in [5, 5.41) is -1.54. The molecule has 0 saturated carbocycles. The van der Waals surface area contributed by atoms with Crippen LogP contribution in [0.1, 0.15) is 31.8 Å². The van der Waals surface area contributed by atoms with Crippen LogP contribution in [-0.2, 0) is 0 Å². The Morgan fingerprint density at radius 3 is 1.56 bits per heavy atom. The average Bonchev–Trinajstić information content (AvgIpc) is 2.26. The summed E-state index contributed by atoms with van der Waals surface area (Å²) in [5.74, 6) is 4.53. The number of benzene rings is 1. The molecule has 0 heterocycles. The van der Waals surface area contributed by atoms with Crippen molar-refractivity contribution in [3.63, 3.8) is 0 Å². The largest absolute Gasteiger partial charge is 0.276 e. The lowest BCUT2D eigenvalue weighted by atomic mass is 10.00. The second-order valence-electron chi connectivity index (χ2n) is 2.78. The quantitative estimate of drug-likeness (QED) is 0.597. The second kappa shape index (κ2) is 4.86. The molecule has 0 amide bonds. The first-order chi connectivity index (χ1) is 7.51. The minimum atomic E-state index is -0.768. The van der Waals surface area contributed by atoms with Crippen LogP contribution < -0.4 is 0 Å². The Balaban J connectivity index is 3.63. The Kier molecular flexibility index (Phi) is 3.74. The fraction of sp³-hybridized carbons (Fsp3) is 0. The second-order valence-corrected chi connectivity index (χ2v) is 3.47. The normalized spacial score (nSPS) is 9.00. The zero-order valence-electron chi connectivity index (χ0n) is 7.88. The third kappa shape index (κ3) is 2.25. The molecule has 0 spiro atoms. The number of hydrogen-bond acceptors (Lipinski definition) is 2. The standard InChI is InChI=1S/C12H4Cl2O2/c1-3-7-5-8(4-2)10(12(14)16)6-9(7)11(13)15/h1-2,5-6H. The summed E-state index contributed by atoms with van der Waals surface area (Å²) >= 11 is 10.6. The van der Waals surface area contributed by atoms with Crippen LogP contribution in [0, 0.1) is 24.7 Å². The molecule has 1 rings (SSSR count). The minimum absolute atomic E-state index is 0.0344. The van der Waals surface area contributed by atoms with Gasteiger partial charge in [0.05, 0.1) is 11.1 Å². The smallest absolute Gasteiger partial charge is 0.253 e. The van der Waals surface area contributed by atoms with E-state index in [9.17, 15) is 9.59 Å². The van der Waals surface area contributed by atoms with Gasteiger partial charge in [0.2, 0.25) is 0 Å². The van der Waals surface area contributed by atoms with Gasteiger partial charge in [0.25, 0.3) is 10.5 Å². The molecule has 2 nitrogen and oxygen atoms in total. The molecule has 0 aliphatic heterocycles. The Morgan fingerprint density at radius 1 is 0.938 bits per heavy atom. The topological polar surface area (TPSA) is 34.1 Å². The molecule has 0 fully saturated rings. The van der Waals surface area contributed by atoms with Crippen molar-refractivity contribution in [2.75, 3.05) is 0 Å². The maximum Gasteiger partial charge on any atom is 0.253 e. The highest BCUT2D eigenvalue weighted by atomic mass is 35.5.